The Morgan fingerprint density at radius 1 is 1.31 bits per heavy atom. The average Bonchev–Trinajstić information content (AvgIpc) is 2.57. The van der Waals surface area contributed by atoms with Gasteiger partial charge in [-0.25, -0.2) is 13.1 Å². The third-order valence-electron chi connectivity index (χ3n) is 3.26. The lowest BCUT2D eigenvalue weighted by molar-refractivity contribution is -0.148. The highest BCUT2D eigenvalue weighted by Gasteiger charge is 2.22. The number of ether oxygens (including phenoxy) is 2. The molecule has 0 aliphatic rings. The fourth-order valence-electron chi connectivity index (χ4n) is 1.94. The summed E-state index contributed by atoms with van der Waals surface area (Å²) in [6.45, 7) is 2.64. The Morgan fingerprint density at radius 3 is 2.62 bits per heavy atom. The maximum Gasteiger partial charge on any atom is 0.324 e. The molecule has 10 heteroatoms. The molecule has 2 N–H and O–H groups in total. The highest BCUT2D eigenvalue weighted by atomic mass is 35.5. The van der Waals surface area contributed by atoms with Crippen LogP contribution in [0.4, 0.5) is 5.69 Å². The minimum Gasteiger partial charge on any atom is -0.495 e. The Labute approximate surface area is 158 Å². The van der Waals surface area contributed by atoms with Crippen molar-refractivity contribution in [3.63, 3.8) is 0 Å². The van der Waals surface area contributed by atoms with E-state index >= 15 is 0 Å². The van der Waals surface area contributed by atoms with Gasteiger partial charge >= 0.3 is 5.97 Å². The van der Waals surface area contributed by atoms with Crippen LogP contribution in [0.15, 0.2) is 18.2 Å². The maximum absolute atomic E-state index is 11.9. The molecule has 26 heavy (non-hydrogen) atoms. The van der Waals surface area contributed by atoms with Gasteiger partial charge in [0.1, 0.15) is 11.8 Å². The van der Waals surface area contributed by atoms with Crippen molar-refractivity contribution in [3.8, 4) is 5.75 Å². The Hall–Kier alpha value is -1.84. The minimum absolute atomic E-state index is 0.0732. The van der Waals surface area contributed by atoms with E-state index < -0.39 is 34.5 Å². The van der Waals surface area contributed by atoms with Gasteiger partial charge in [-0.3, -0.25) is 9.59 Å². The van der Waals surface area contributed by atoms with E-state index in [0.29, 0.717) is 29.3 Å². The van der Waals surface area contributed by atoms with Crippen LogP contribution in [0.1, 0.15) is 26.7 Å². The number of hydrogen-bond acceptors (Lipinski definition) is 6. The van der Waals surface area contributed by atoms with Crippen LogP contribution in [-0.2, 0) is 24.3 Å². The number of sulfonamides is 1. The normalized spacial score (nSPS) is 12.3. The van der Waals surface area contributed by atoms with E-state index in [1.165, 1.54) is 20.1 Å². The van der Waals surface area contributed by atoms with Crippen molar-refractivity contribution in [2.45, 2.75) is 32.7 Å². The average molecular weight is 407 g/mol. The predicted molar refractivity (Wildman–Crippen MR) is 98.9 cm³/mol. The zero-order valence-electron chi connectivity index (χ0n) is 14.9. The molecule has 0 bridgehead atoms. The van der Waals surface area contributed by atoms with Crippen LogP contribution in [0.3, 0.4) is 0 Å². The SMILES string of the molecule is CCCCS(=O)(=O)N[C@@H](C)C(=O)OCC(=O)Nc1cc(Cl)ccc1OC. The van der Waals surface area contributed by atoms with Crippen molar-refractivity contribution >= 4 is 39.2 Å². The number of benzene rings is 1. The number of methoxy groups -OCH3 is 1. The molecule has 0 aromatic heterocycles. The fourth-order valence-corrected chi connectivity index (χ4v) is 3.53. The fraction of sp³-hybridized carbons (Fsp3) is 0.500. The van der Waals surface area contributed by atoms with Gasteiger partial charge in [0.15, 0.2) is 6.61 Å². The second-order valence-electron chi connectivity index (χ2n) is 5.51. The van der Waals surface area contributed by atoms with E-state index in [2.05, 4.69) is 10.0 Å². The molecule has 0 aliphatic heterocycles. The van der Waals surface area contributed by atoms with E-state index in [1.807, 2.05) is 6.92 Å². The molecular weight excluding hydrogens is 384 g/mol. The molecule has 0 radical (unpaired) electrons. The molecule has 8 nitrogen and oxygen atoms in total. The van der Waals surface area contributed by atoms with Gasteiger partial charge in [0.25, 0.3) is 5.91 Å². The number of amides is 1. The molecule has 0 unspecified atom stereocenters. The molecule has 0 saturated heterocycles. The van der Waals surface area contributed by atoms with Crippen LogP contribution in [-0.4, -0.2) is 45.8 Å². The van der Waals surface area contributed by atoms with Gasteiger partial charge in [0.2, 0.25) is 10.0 Å². The van der Waals surface area contributed by atoms with Crippen LogP contribution in [0.2, 0.25) is 5.02 Å². The Morgan fingerprint density at radius 2 is 2.00 bits per heavy atom. The summed E-state index contributed by atoms with van der Waals surface area (Å²) in [6, 6.07) is 3.58. The van der Waals surface area contributed by atoms with Crippen LogP contribution < -0.4 is 14.8 Å². The molecule has 0 saturated carbocycles. The zero-order chi connectivity index (χ0) is 19.7. The smallest absolute Gasteiger partial charge is 0.324 e. The molecule has 0 fully saturated rings. The third-order valence-corrected chi connectivity index (χ3v) is 5.03. The van der Waals surface area contributed by atoms with Crippen molar-refractivity contribution in [2.75, 3.05) is 24.8 Å². The molecule has 1 amide bonds. The predicted octanol–water partition coefficient (Wildman–Crippen LogP) is 1.94. The first-order valence-electron chi connectivity index (χ1n) is 7.98. The summed E-state index contributed by atoms with van der Waals surface area (Å²) in [5.74, 6) is -1.14. The molecule has 0 spiro atoms. The summed E-state index contributed by atoms with van der Waals surface area (Å²) in [7, 11) is -2.14. The highest BCUT2D eigenvalue weighted by molar-refractivity contribution is 7.89. The van der Waals surface area contributed by atoms with Gasteiger partial charge in [-0.15, -0.1) is 0 Å². The van der Waals surface area contributed by atoms with E-state index in [-0.39, 0.29) is 5.75 Å². The van der Waals surface area contributed by atoms with Crippen LogP contribution in [0.5, 0.6) is 5.75 Å². The summed E-state index contributed by atoms with van der Waals surface area (Å²) in [5.41, 5.74) is 0.328. The van der Waals surface area contributed by atoms with Gasteiger partial charge < -0.3 is 14.8 Å². The molecule has 1 aromatic carbocycles. The molecule has 1 atom stereocenters. The van der Waals surface area contributed by atoms with Crippen molar-refractivity contribution < 1.29 is 27.5 Å². The second kappa shape index (κ2) is 10.3. The van der Waals surface area contributed by atoms with Crippen molar-refractivity contribution in [1.82, 2.24) is 4.72 Å². The lowest BCUT2D eigenvalue weighted by Crippen LogP contribution is -2.41. The minimum atomic E-state index is -3.57. The topological polar surface area (TPSA) is 111 Å². The summed E-state index contributed by atoms with van der Waals surface area (Å²) in [5, 5.41) is 2.90. The number of carbonyl (C=O) groups is 2. The molecule has 0 heterocycles. The monoisotopic (exact) mass is 406 g/mol. The number of halogens is 1. The van der Waals surface area contributed by atoms with Crippen LogP contribution >= 0.6 is 11.6 Å². The van der Waals surface area contributed by atoms with Crippen molar-refractivity contribution in [1.29, 1.82) is 0 Å². The Balaban J connectivity index is 2.54. The zero-order valence-corrected chi connectivity index (χ0v) is 16.4. The standard InChI is InChI=1S/C16H23ClN2O6S/c1-4-5-8-26(22,23)19-11(2)16(21)25-10-15(20)18-13-9-12(17)6-7-14(13)24-3/h6-7,9,11,19H,4-5,8,10H2,1-3H3,(H,18,20)/t11-/m0/s1. The number of carbonyl (C=O) groups excluding carboxylic acids is 2. The first-order valence-corrected chi connectivity index (χ1v) is 10.0. The second-order valence-corrected chi connectivity index (χ2v) is 7.82. The van der Waals surface area contributed by atoms with E-state index in [0.717, 1.165) is 0 Å². The summed E-state index contributed by atoms with van der Waals surface area (Å²) >= 11 is 5.87. The number of nitrogens with one attached hydrogen (secondary N) is 2. The molecule has 146 valence electrons. The summed E-state index contributed by atoms with van der Waals surface area (Å²) < 4.78 is 35.7. The summed E-state index contributed by atoms with van der Waals surface area (Å²) in [6.07, 6.45) is 1.20. The number of rotatable bonds is 10. The number of esters is 1. The van der Waals surface area contributed by atoms with Gasteiger partial charge in [0.05, 0.1) is 18.6 Å². The van der Waals surface area contributed by atoms with Crippen LogP contribution in [0, 0.1) is 0 Å². The molecule has 1 rings (SSSR count). The van der Waals surface area contributed by atoms with E-state index in [4.69, 9.17) is 21.1 Å². The third kappa shape index (κ3) is 7.59. The molecule has 0 aliphatic carbocycles. The van der Waals surface area contributed by atoms with Crippen molar-refractivity contribution in [3.05, 3.63) is 23.2 Å². The number of hydrogen-bond donors (Lipinski definition) is 2. The summed E-state index contributed by atoms with van der Waals surface area (Å²) in [4.78, 5) is 23.8. The number of anilines is 1. The highest BCUT2D eigenvalue weighted by Crippen LogP contribution is 2.27. The van der Waals surface area contributed by atoms with Crippen LogP contribution in [0.25, 0.3) is 0 Å². The van der Waals surface area contributed by atoms with E-state index in [9.17, 15) is 18.0 Å². The van der Waals surface area contributed by atoms with Gasteiger partial charge in [-0.05, 0) is 31.5 Å². The van der Waals surface area contributed by atoms with Gasteiger partial charge in [-0.1, -0.05) is 24.9 Å². The quantitative estimate of drug-likeness (QED) is 0.574. The molecular formula is C16H23ClN2O6S. The largest absolute Gasteiger partial charge is 0.495 e. The lowest BCUT2D eigenvalue weighted by atomic mass is 10.3. The molecule has 1 aromatic rings. The Bertz CT molecular complexity index is 738. The maximum atomic E-state index is 11.9. The first-order chi connectivity index (χ1) is 12.2. The van der Waals surface area contributed by atoms with Gasteiger partial charge in [0, 0.05) is 5.02 Å². The Kier molecular flexibility index (Phi) is 8.83. The van der Waals surface area contributed by atoms with E-state index in [1.54, 1.807) is 12.1 Å². The van der Waals surface area contributed by atoms with Gasteiger partial charge in [-0.2, -0.15) is 0 Å². The lowest BCUT2D eigenvalue weighted by Gasteiger charge is -2.14. The number of unbranched alkanes of at least 4 members (excludes halogenated alkanes) is 1. The first kappa shape index (κ1) is 22.2. The van der Waals surface area contributed by atoms with Crippen molar-refractivity contribution in [2.24, 2.45) is 0 Å².